The van der Waals surface area contributed by atoms with Crippen molar-refractivity contribution in [2.75, 3.05) is 31.3 Å². The number of aryl methyl sites for hydroxylation is 1. The van der Waals surface area contributed by atoms with Crippen molar-refractivity contribution in [2.24, 2.45) is 0 Å². The fraction of sp³-hybridized carbons (Fsp3) is 0.259. The zero-order chi connectivity index (χ0) is 26.7. The van der Waals surface area contributed by atoms with Gasteiger partial charge in [-0.15, -0.1) is 5.10 Å². The highest BCUT2D eigenvalue weighted by Crippen LogP contribution is 2.36. The van der Waals surface area contributed by atoms with Gasteiger partial charge in [0.15, 0.2) is 18.1 Å². The molecule has 0 aliphatic heterocycles. The van der Waals surface area contributed by atoms with E-state index in [1.54, 1.807) is 23.6 Å². The highest BCUT2D eigenvalue weighted by molar-refractivity contribution is 7.99. The maximum absolute atomic E-state index is 12.3. The Morgan fingerprint density at radius 1 is 1.11 bits per heavy atom. The van der Waals surface area contributed by atoms with E-state index in [0.717, 1.165) is 40.7 Å². The molecule has 1 aromatic heterocycles. The van der Waals surface area contributed by atoms with Gasteiger partial charge in [-0.05, 0) is 72.3 Å². The summed E-state index contributed by atoms with van der Waals surface area (Å²) in [5.41, 5.74) is 3.70. The molecule has 0 aliphatic carbocycles. The second-order valence-electron chi connectivity index (χ2n) is 8.40. The van der Waals surface area contributed by atoms with Crippen molar-refractivity contribution < 1.29 is 14.3 Å². The van der Waals surface area contributed by atoms with E-state index in [4.69, 9.17) is 21.1 Å². The summed E-state index contributed by atoms with van der Waals surface area (Å²) in [6.45, 7) is 3.21. The molecule has 1 heterocycles. The zero-order valence-electron chi connectivity index (χ0n) is 21.2. The molecule has 9 nitrogen and oxygen atoms in total. The van der Waals surface area contributed by atoms with Crippen LogP contribution in [0.5, 0.6) is 11.5 Å². The third-order valence-corrected chi connectivity index (χ3v) is 6.76. The molecule has 2 N–H and O–H groups in total. The number of halogens is 1. The summed E-state index contributed by atoms with van der Waals surface area (Å²) in [6.07, 6.45) is 0.925. The SMILES string of the molecule is COc1cc(CNCCCSc2nnnn2-c2ccccc2)cc(Cl)c1OCC(=O)Nc1ccc(C)cc1. The lowest BCUT2D eigenvalue weighted by molar-refractivity contribution is -0.118. The molecule has 0 unspecified atom stereocenters. The lowest BCUT2D eigenvalue weighted by atomic mass is 10.2. The van der Waals surface area contributed by atoms with E-state index in [1.165, 1.54) is 0 Å². The van der Waals surface area contributed by atoms with Crippen LogP contribution in [-0.4, -0.2) is 52.1 Å². The summed E-state index contributed by atoms with van der Waals surface area (Å²) in [7, 11) is 1.54. The molecule has 0 fully saturated rings. The number of nitrogens with zero attached hydrogens (tertiary/aromatic N) is 4. The lowest BCUT2D eigenvalue weighted by Gasteiger charge is -2.14. The van der Waals surface area contributed by atoms with E-state index in [2.05, 4.69) is 26.2 Å². The van der Waals surface area contributed by atoms with Crippen LogP contribution < -0.4 is 20.1 Å². The minimum Gasteiger partial charge on any atom is -0.493 e. The van der Waals surface area contributed by atoms with Gasteiger partial charge in [0.1, 0.15) is 0 Å². The molecule has 0 saturated heterocycles. The molecule has 198 valence electrons. The quantitative estimate of drug-likeness (QED) is 0.178. The van der Waals surface area contributed by atoms with E-state index in [9.17, 15) is 4.79 Å². The molecule has 0 radical (unpaired) electrons. The number of hydrogen-bond acceptors (Lipinski definition) is 8. The number of hydrogen-bond donors (Lipinski definition) is 2. The van der Waals surface area contributed by atoms with Gasteiger partial charge >= 0.3 is 0 Å². The van der Waals surface area contributed by atoms with Crippen molar-refractivity contribution in [1.29, 1.82) is 0 Å². The number of nitrogens with one attached hydrogen (secondary N) is 2. The summed E-state index contributed by atoms with van der Waals surface area (Å²) < 4.78 is 12.9. The van der Waals surface area contributed by atoms with Gasteiger partial charge in [-0.25, -0.2) is 0 Å². The van der Waals surface area contributed by atoms with Crippen LogP contribution in [0.25, 0.3) is 5.69 Å². The first-order valence-electron chi connectivity index (χ1n) is 12.1. The number of carbonyl (C=O) groups excluding carboxylic acids is 1. The van der Waals surface area contributed by atoms with Crippen LogP contribution in [0.15, 0.2) is 71.9 Å². The largest absolute Gasteiger partial charge is 0.493 e. The van der Waals surface area contributed by atoms with Gasteiger partial charge in [-0.1, -0.05) is 59.3 Å². The summed E-state index contributed by atoms with van der Waals surface area (Å²) in [5, 5.41) is 19.4. The standard InChI is InChI=1S/C27H29ClN6O3S/c1-19-9-11-21(12-10-19)30-25(35)18-37-26-23(28)15-20(16-24(26)36-2)17-29-13-6-14-38-27-31-32-33-34(27)22-7-4-3-5-8-22/h3-5,7-12,15-16,29H,6,13-14,17-18H2,1-2H3,(H,30,35). The topological polar surface area (TPSA) is 103 Å². The van der Waals surface area contributed by atoms with Crippen LogP contribution in [0.3, 0.4) is 0 Å². The van der Waals surface area contributed by atoms with Crippen molar-refractivity contribution >= 4 is 35.0 Å². The number of amides is 1. The zero-order valence-corrected chi connectivity index (χ0v) is 22.8. The Kier molecular flexibility index (Phi) is 9.97. The number of tetrazole rings is 1. The van der Waals surface area contributed by atoms with Crippen LogP contribution in [0.1, 0.15) is 17.5 Å². The second kappa shape index (κ2) is 13.8. The predicted molar refractivity (Wildman–Crippen MR) is 150 cm³/mol. The Balaban J connectivity index is 1.22. The van der Waals surface area contributed by atoms with E-state index in [-0.39, 0.29) is 12.5 Å². The normalized spacial score (nSPS) is 10.8. The number of carbonyl (C=O) groups is 1. The van der Waals surface area contributed by atoms with Crippen molar-refractivity contribution in [1.82, 2.24) is 25.5 Å². The minimum absolute atomic E-state index is 0.188. The van der Waals surface area contributed by atoms with E-state index in [0.29, 0.717) is 28.8 Å². The highest BCUT2D eigenvalue weighted by atomic mass is 35.5. The average Bonchev–Trinajstić information content (AvgIpc) is 3.40. The summed E-state index contributed by atoms with van der Waals surface area (Å²) in [5.74, 6) is 1.39. The number of anilines is 1. The molecule has 11 heteroatoms. The van der Waals surface area contributed by atoms with Crippen LogP contribution >= 0.6 is 23.4 Å². The Hall–Kier alpha value is -3.60. The van der Waals surface area contributed by atoms with Gasteiger partial charge in [0.05, 0.1) is 17.8 Å². The van der Waals surface area contributed by atoms with Gasteiger partial charge in [0.2, 0.25) is 5.16 Å². The number of para-hydroxylation sites is 1. The molecule has 0 aliphatic rings. The average molecular weight is 553 g/mol. The number of rotatable bonds is 13. The third-order valence-electron chi connectivity index (χ3n) is 5.47. The first-order chi connectivity index (χ1) is 18.5. The van der Waals surface area contributed by atoms with Gasteiger partial charge in [0, 0.05) is 18.0 Å². The molecule has 4 aromatic rings. The van der Waals surface area contributed by atoms with Crippen LogP contribution in [0.4, 0.5) is 5.69 Å². The van der Waals surface area contributed by atoms with Crippen molar-refractivity contribution in [3.63, 3.8) is 0 Å². The first-order valence-corrected chi connectivity index (χ1v) is 13.4. The van der Waals surface area contributed by atoms with Crippen molar-refractivity contribution in [3.05, 3.63) is 82.9 Å². The number of ether oxygens (including phenoxy) is 2. The Morgan fingerprint density at radius 2 is 1.89 bits per heavy atom. The molecule has 0 bridgehead atoms. The number of thioether (sulfide) groups is 1. The summed E-state index contributed by atoms with van der Waals surface area (Å²) in [4.78, 5) is 12.3. The molecule has 0 spiro atoms. The highest BCUT2D eigenvalue weighted by Gasteiger charge is 2.14. The fourth-order valence-corrected chi connectivity index (χ4v) is 4.70. The fourth-order valence-electron chi connectivity index (χ4n) is 3.58. The molecular formula is C27H29ClN6O3S. The molecule has 38 heavy (non-hydrogen) atoms. The van der Waals surface area contributed by atoms with Gasteiger partial charge in [-0.3, -0.25) is 4.79 Å². The molecule has 0 atom stereocenters. The first kappa shape index (κ1) is 27.4. The Labute approximate surface area is 230 Å². The van der Waals surface area contributed by atoms with Crippen LogP contribution in [0.2, 0.25) is 5.02 Å². The van der Waals surface area contributed by atoms with E-state index in [1.807, 2.05) is 73.7 Å². The predicted octanol–water partition coefficient (Wildman–Crippen LogP) is 4.92. The maximum Gasteiger partial charge on any atom is 0.262 e. The van der Waals surface area contributed by atoms with Gasteiger partial charge < -0.3 is 20.1 Å². The van der Waals surface area contributed by atoms with E-state index >= 15 is 0 Å². The third kappa shape index (κ3) is 7.70. The van der Waals surface area contributed by atoms with E-state index < -0.39 is 0 Å². The van der Waals surface area contributed by atoms with Crippen LogP contribution in [-0.2, 0) is 11.3 Å². The van der Waals surface area contributed by atoms with Gasteiger partial charge in [0.25, 0.3) is 5.91 Å². The summed E-state index contributed by atoms with van der Waals surface area (Å²) in [6, 6.07) is 21.0. The second-order valence-corrected chi connectivity index (χ2v) is 9.87. The van der Waals surface area contributed by atoms with Gasteiger partial charge in [-0.2, -0.15) is 4.68 Å². The molecule has 1 amide bonds. The molecule has 3 aromatic carbocycles. The minimum atomic E-state index is -0.284. The van der Waals surface area contributed by atoms with Crippen LogP contribution in [0, 0.1) is 6.92 Å². The molecular weight excluding hydrogens is 524 g/mol. The van der Waals surface area contributed by atoms with Crippen molar-refractivity contribution in [2.45, 2.75) is 25.0 Å². The number of benzene rings is 3. The number of aromatic nitrogens is 4. The maximum atomic E-state index is 12.3. The molecule has 0 saturated carbocycles. The van der Waals surface area contributed by atoms with Crippen molar-refractivity contribution in [3.8, 4) is 17.2 Å². The summed E-state index contributed by atoms with van der Waals surface area (Å²) >= 11 is 8.08. The molecule has 4 rings (SSSR count). The smallest absolute Gasteiger partial charge is 0.262 e. The monoisotopic (exact) mass is 552 g/mol. The Bertz CT molecular complexity index is 1330. The lowest BCUT2D eigenvalue weighted by Crippen LogP contribution is -2.20. The number of methoxy groups -OCH3 is 1. The Morgan fingerprint density at radius 3 is 2.66 bits per heavy atom.